The van der Waals surface area contributed by atoms with E-state index in [4.69, 9.17) is 4.74 Å². The lowest BCUT2D eigenvalue weighted by atomic mass is 10.1. The first-order valence-electron chi connectivity index (χ1n) is 10.4. The number of rotatable bonds is 9. The van der Waals surface area contributed by atoms with Crippen LogP contribution in [-0.4, -0.2) is 81.3 Å². The summed E-state index contributed by atoms with van der Waals surface area (Å²) in [6, 6.07) is 7.97. The van der Waals surface area contributed by atoms with Crippen molar-refractivity contribution in [2.75, 3.05) is 53.4 Å². The average Bonchev–Trinajstić information content (AvgIpc) is 3.25. The Morgan fingerprint density at radius 3 is 2.56 bits per heavy atom. The number of carbonyl (C=O) groups excluding carboxylic acids is 1. The summed E-state index contributed by atoms with van der Waals surface area (Å²) in [4.78, 5) is 19.2. The highest BCUT2D eigenvalue weighted by Gasteiger charge is 2.31. The van der Waals surface area contributed by atoms with Gasteiger partial charge in [0, 0.05) is 20.1 Å². The number of carbonyl (C=O) groups is 1. The van der Waals surface area contributed by atoms with Gasteiger partial charge in [0.05, 0.1) is 13.2 Å². The van der Waals surface area contributed by atoms with Crippen LogP contribution in [0.1, 0.15) is 31.4 Å². The molecule has 1 heterocycles. The van der Waals surface area contributed by atoms with E-state index in [1.807, 2.05) is 31.2 Å². The van der Waals surface area contributed by atoms with Crippen LogP contribution in [0.3, 0.4) is 0 Å². The predicted octanol–water partition coefficient (Wildman–Crippen LogP) is 3.03. The summed E-state index contributed by atoms with van der Waals surface area (Å²) in [6.07, 6.45) is -2.17. The molecule has 0 aliphatic carbocycles. The fourth-order valence-electron chi connectivity index (χ4n) is 3.52. The van der Waals surface area contributed by atoms with Crippen molar-refractivity contribution in [2.45, 2.75) is 32.0 Å². The van der Waals surface area contributed by atoms with Crippen molar-refractivity contribution < 1.29 is 22.7 Å². The van der Waals surface area contributed by atoms with E-state index in [2.05, 4.69) is 20.5 Å². The number of nitrogens with one attached hydrogen (secondary N) is 2. The SMILES string of the molecule is CCNC(=NCC(=O)N(C)CC(F)(F)F)NCC(c1cccc(OC)c1)N1CCCC1.I. The van der Waals surface area contributed by atoms with Crippen molar-refractivity contribution in [3.63, 3.8) is 0 Å². The molecule has 1 fully saturated rings. The average molecular weight is 571 g/mol. The van der Waals surface area contributed by atoms with Crippen LogP contribution < -0.4 is 15.4 Å². The maximum atomic E-state index is 12.5. The molecule has 1 saturated heterocycles. The summed E-state index contributed by atoms with van der Waals surface area (Å²) < 4.78 is 42.8. The summed E-state index contributed by atoms with van der Waals surface area (Å²) in [7, 11) is 2.75. The lowest BCUT2D eigenvalue weighted by Crippen LogP contribution is -2.43. The Balaban J connectivity index is 0.00000512. The van der Waals surface area contributed by atoms with E-state index in [1.165, 1.54) is 0 Å². The fourth-order valence-corrected chi connectivity index (χ4v) is 3.52. The van der Waals surface area contributed by atoms with E-state index in [-0.39, 0.29) is 36.6 Å². The Kier molecular flexibility index (Phi) is 12.1. The van der Waals surface area contributed by atoms with E-state index in [0.29, 0.717) is 23.9 Å². The number of nitrogens with zero attached hydrogens (tertiary/aromatic N) is 3. The minimum Gasteiger partial charge on any atom is -0.497 e. The smallest absolute Gasteiger partial charge is 0.406 e. The quantitative estimate of drug-likeness (QED) is 0.271. The van der Waals surface area contributed by atoms with Crippen LogP contribution in [0, 0.1) is 0 Å². The lowest BCUT2D eigenvalue weighted by molar-refractivity contribution is -0.157. The fraction of sp³-hybridized carbons (Fsp3) is 0.619. The number of likely N-dealkylation sites (N-methyl/N-ethyl adjacent to an activating group) is 1. The molecule has 1 atom stereocenters. The molecule has 1 aromatic rings. The molecule has 2 rings (SSSR count). The number of ether oxygens (including phenoxy) is 1. The van der Waals surface area contributed by atoms with Crippen molar-refractivity contribution in [2.24, 2.45) is 4.99 Å². The van der Waals surface area contributed by atoms with Crippen LogP contribution in [0.5, 0.6) is 5.75 Å². The van der Waals surface area contributed by atoms with Crippen LogP contribution >= 0.6 is 24.0 Å². The van der Waals surface area contributed by atoms with Gasteiger partial charge in [0.15, 0.2) is 5.96 Å². The zero-order valence-corrected chi connectivity index (χ0v) is 21.1. The van der Waals surface area contributed by atoms with Crippen molar-refractivity contribution in [1.29, 1.82) is 0 Å². The second kappa shape index (κ2) is 13.7. The molecular formula is C21H33F3IN5O2. The molecule has 0 spiro atoms. The van der Waals surface area contributed by atoms with Crippen LogP contribution in [-0.2, 0) is 4.79 Å². The molecular weight excluding hydrogens is 538 g/mol. The van der Waals surface area contributed by atoms with Gasteiger partial charge in [-0.1, -0.05) is 12.1 Å². The minimum absolute atomic E-state index is 0. The number of benzene rings is 1. The van der Waals surface area contributed by atoms with Crippen molar-refractivity contribution >= 4 is 35.8 Å². The first-order chi connectivity index (χ1) is 14.7. The highest BCUT2D eigenvalue weighted by molar-refractivity contribution is 14.0. The molecule has 1 unspecified atom stereocenters. The van der Waals surface area contributed by atoms with Gasteiger partial charge in [0.2, 0.25) is 5.91 Å². The largest absolute Gasteiger partial charge is 0.497 e. The van der Waals surface area contributed by atoms with Crippen LogP contribution in [0.15, 0.2) is 29.3 Å². The second-order valence-corrected chi connectivity index (χ2v) is 7.48. The van der Waals surface area contributed by atoms with Crippen LogP contribution in [0.4, 0.5) is 13.2 Å². The third-order valence-corrected chi connectivity index (χ3v) is 5.08. The van der Waals surface area contributed by atoms with Gasteiger partial charge in [-0.15, -0.1) is 24.0 Å². The number of halogens is 4. The van der Waals surface area contributed by atoms with E-state index in [9.17, 15) is 18.0 Å². The minimum atomic E-state index is -4.43. The van der Waals surface area contributed by atoms with Crippen molar-refractivity contribution in [3.8, 4) is 5.75 Å². The van der Waals surface area contributed by atoms with Gasteiger partial charge in [0.25, 0.3) is 0 Å². The molecule has 0 radical (unpaired) electrons. The van der Waals surface area contributed by atoms with E-state index >= 15 is 0 Å². The van der Waals surface area contributed by atoms with E-state index in [1.54, 1.807) is 7.11 Å². The molecule has 0 saturated carbocycles. The highest BCUT2D eigenvalue weighted by Crippen LogP contribution is 2.27. The summed E-state index contributed by atoms with van der Waals surface area (Å²) in [6.45, 7) is 3.29. The maximum Gasteiger partial charge on any atom is 0.406 e. The molecule has 1 aliphatic rings. The zero-order chi connectivity index (χ0) is 22.9. The number of aliphatic imine (C=N–C) groups is 1. The number of methoxy groups -OCH3 is 1. The monoisotopic (exact) mass is 571 g/mol. The van der Waals surface area contributed by atoms with Gasteiger partial charge >= 0.3 is 6.18 Å². The van der Waals surface area contributed by atoms with Crippen LogP contribution in [0.25, 0.3) is 0 Å². The summed E-state index contributed by atoms with van der Waals surface area (Å²) in [5.41, 5.74) is 1.10. The topological polar surface area (TPSA) is 69.2 Å². The summed E-state index contributed by atoms with van der Waals surface area (Å²) in [5.74, 6) is 0.474. The molecule has 0 bridgehead atoms. The Bertz CT molecular complexity index is 742. The molecule has 7 nitrogen and oxygen atoms in total. The predicted molar refractivity (Wildman–Crippen MR) is 130 cm³/mol. The van der Waals surface area contributed by atoms with Gasteiger partial charge in [-0.3, -0.25) is 9.69 Å². The maximum absolute atomic E-state index is 12.5. The van der Waals surface area contributed by atoms with Gasteiger partial charge in [-0.05, 0) is 50.6 Å². The molecule has 1 amide bonds. The third-order valence-electron chi connectivity index (χ3n) is 5.08. The van der Waals surface area contributed by atoms with Gasteiger partial charge in [0.1, 0.15) is 18.8 Å². The Morgan fingerprint density at radius 2 is 1.97 bits per heavy atom. The Hall–Kier alpha value is -1.76. The van der Waals surface area contributed by atoms with Gasteiger partial charge in [-0.2, -0.15) is 13.2 Å². The molecule has 32 heavy (non-hydrogen) atoms. The Morgan fingerprint density at radius 1 is 1.28 bits per heavy atom. The number of amides is 1. The molecule has 1 aromatic carbocycles. The van der Waals surface area contributed by atoms with Crippen LogP contribution in [0.2, 0.25) is 0 Å². The van der Waals surface area contributed by atoms with Gasteiger partial charge < -0.3 is 20.3 Å². The van der Waals surface area contributed by atoms with E-state index < -0.39 is 18.6 Å². The zero-order valence-electron chi connectivity index (χ0n) is 18.7. The molecule has 1 aliphatic heterocycles. The third kappa shape index (κ3) is 9.39. The molecule has 11 heteroatoms. The van der Waals surface area contributed by atoms with Crippen molar-refractivity contribution in [3.05, 3.63) is 29.8 Å². The summed E-state index contributed by atoms with van der Waals surface area (Å²) >= 11 is 0. The number of hydrogen-bond donors (Lipinski definition) is 2. The second-order valence-electron chi connectivity index (χ2n) is 7.48. The molecule has 182 valence electrons. The molecule has 0 aromatic heterocycles. The molecule has 2 N–H and O–H groups in total. The number of alkyl halides is 3. The number of likely N-dealkylation sites (tertiary alicyclic amines) is 1. The Labute approximate surface area is 204 Å². The first-order valence-corrected chi connectivity index (χ1v) is 10.4. The highest BCUT2D eigenvalue weighted by atomic mass is 127. The normalized spacial score (nSPS) is 15.6. The lowest BCUT2D eigenvalue weighted by Gasteiger charge is -2.29. The first kappa shape index (κ1) is 28.3. The van der Waals surface area contributed by atoms with Gasteiger partial charge in [-0.25, -0.2) is 4.99 Å². The van der Waals surface area contributed by atoms with Crippen molar-refractivity contribution in [1.82, 2.24) is 20.4 Å². The number of guanidine groups is 1. The number of hydrogen-bond acceptors (Lipinski definition) is 4. The summed E-state index contributed by atoms with van der Waals surface area (Å²) in [5, 5.41) is 6.29. The standard InChI is InChI=1S/C21H32F3N5O2.HI/c1-4-25-20(27-14-19(30)28(2)15-21(22,23)24)26-13-18(29-10-5-6-11-29)16-8-7-9-17(12-16)31-3;/h7-9,12,18H,4-6,10-11,13-15H2,1-3H3,(H2,25,26,27);1H. The van der Waals surface area contributed by atoms with E-state index in [0.717, 1.165) is 44.3 Å².